The molecular formula is C54H90N4O12. The van der Waals surface area contributed by atoms with Crippen molar-refractivity contribution >= 4 is 35.8 Å². The molecular weight excluding hydrogens is 897 g/mol. The Morgan fingerprint density at radius 3 is 1.37 bits per heavy atom. The quantitative estimate of drug-likeness (QED) is 0.0194. The van der Waals surface area contributed by atoms with Crippen molar-refractivity contribution in [1.82, 2.24) is 20.0 Å². The number of ether oxygens (including phenoxy) is 3. The molecule has 398 valence electrons. The number of amides is 1. The van der Waals surface area contributed by atoms with Gasteiger partial charge in [-0.15, -0.1) is 0 Å². The normalized spacial score (nSPS) is 12.6. The van der Waals surface area contributed by atoms with Crippen LogP contribution in [0.2, 0.25) is 0 Å². The lowest BCUT2D eigenvalue weighted by molar-refractivity contribution is -0.163. The smallest absolute Gasteiger partial charge is 0.317 e. The second kappa shape index (κ2) is 47.8. The van der Waals surface area contributed by atoms with Crippen LogP contribution < -0.4 is 5.32 Å². The number of nitrogens with zero attached hydrogens (tertiary/aromatic N) is 3. The highest BCUT2D eigenvalue weighted by atomic mass is 16.6. The van der Waals surface area contributed by atoms with Gasteiger partial charge in [0, 0.05) is 39.0 Å². The number of carboxylic acids is 3. The summed E-state index contributed by atoms with van der Waals surface area (Å²) in [4.78, 5) is 76.9. The molecule has 0 rings (SSSR count). The number of carbonyl (C=O) groups is 6. The number of aliphatic carboxylic acids is 3. The first-order valence-corrected chi connectivity index (χ1v) is 25.8. The Hall–Kier alpha value is -4.90. The van der Waals surface area contributed by atoms with E-state index in [0.29, 0.717) is 25.9 Å². The Morgan fingerprint density at radius 1 is 0.471 bits per heavy atom. The first-order valence-electron chi connectivity index (χ1n) is 25.8. The molecule has 0 bridgehead atoms. The number of nitrogens with one attached hydrogen (secondary N) is 1. The third kappa shape index (κ3) is 45.5. The van der Waals surface area contributed by atoms with Gasteiger partial charge in [0.05, 0.1) is 32.8 Å². The Kier molecular flexibility index (Phi) is 44.4. The number of carboxylic acid groups (broad SMARTS) is 3. The monoisotopic (exact) mass is 987 g/mol. The Bertz CT molecular complexity index is 1560. The summed E-state index contributed by atoms with van der Waals surface area (Å²) in [5.41, 5.74) is 0. The molecule has 0 aromatic rings. The number of hydrogen-bond donors (Lipinski definition) is 4. The van der Waals surface area contributed by atoms with Crippen LogP contribution in [0.4, 0.5) is 0 Å². The zero-order chi connectivity index (χ0) is 51.7. The van der Waals surface area contributed by atoms with Gasteiger partial charge in [0.1, 0.15) is 13.3 Å². The number of hydrogen-bond acceptors (Lipinski definition) is 12. The molecule has 1 atom stereocenters. The molecule has 70 heavy (non-hydrogen) atoms. The number of likely N-dealkylation sites (N-methyl/N-ethyl adjacent to an activating group) is 1. The predicted octanol–water partition coefficient (Wildman–Crippen LogP) is 8.89. The van der Waals surface area contributed by atoms with Gasteiger partial charge in [-0.1, -0.05) is 132 Å². The fraction of sp³-hybridized carbons (Fsp3) is 0.667. The van der Waals surface area contributed by atoms with E-state index < -0.39 is 43.1 Å². The van der Waals surface area contributed by atoms with E-state index in [9.17, 15) is 33.9 Å². The number of carbonyl (C=O) groups excluding carboxylic acids is 3. The second-order valence-corrected chi connectivity index (χ2v) is 17.1. The summed E-state index contributed by atoms with van der Waals surface area (Å²) < 4.78 is 16.9. The minimum absolute atomic E-state index is 0.0237. The van der Waals surface area contributed by atoms with Crippen molar-refractivity contribution in [1.29, 1.82) is 0 Å². The number of esters is 2. The van der Waals surface area contributed by atoms with Crippen LogP contribution in [0.25, 0.3) is 0 Å². The molecule has 0 saturated heterocycles. The number of allylic oxidation sites excluding steroid dienone is 12. The molecule has 16 heteroatoms. The van der Waals surface area contributed by atoms with E-state index in [0.717, 1.165) is 103 Å². The van der Waals surface area contributed by atoms with Crippen LogP contribution >= 0.6 is 0 Å². The van der Waals surface area contributed by atoms with Crippen molar-refractivity contribution in [3.63, 3.8) is 0 Å². The largest absolute Gasteiger partial charge is 0.480 e. The van der Waals surface area contributed by atoms with Crippen LogP contribution in [-0.4, -0.2) is 151 Å². The average Bonchev–Trinajstić information content (AvgIpc) is 3.31. The summed E-state index contributed by atoms with van der Waals surface area (Å²) >= 11 is 0. The molecule has 0 saturated carbocycles. The van der Waals surface area contributed by atoms with E-state index >= 15 is 0 Å². The summed E-state index contributed by atoms with van der Waals surface area (Å²) in [7, 11) is 0. The summed E-state index contributed by atoms with van der Waals surface area (Å²) in [6.07, 6.45) is 43.5. The van der Waals surface area contributed by atoms with Crippen LogP contribution in [0.1, 0.15) is 149 Å². The van der Waals surface area contributed by atoms with Crippen LogP contribution in [-0.2, 0) is 43.0 Å². The van der Waals surface area contributed by atoms with Crippen LogP contribution in [0.3, 0.4) is 0 Å². The molecule has 0 aromatic heterocycles. The lowest BCUT2D eigenvalue weighted by Gasteiger charge is -2.27. The van der Waals surface area contributed by atoms with Gasteiger partial charge in [-0.25, -0.2) is 0 Å². The summed E-state index contributed by atoms with van der Waals surface area (Å²) in [6, 6.07) is 0. The molecule has 0 heterocycles. The molecule has 0 aromatic carbocycles. The highest BCUT2D eigenvalue weighted by molar-refractivity contribution is 5.77. The van der Waals surface area contributed by atoms with Gasteiger partial charge in [-0.2, -0.15) is 0 Å². The standard InChI is InChI=1S/C54H90N4O12/c1-4-7-9-11-13-15-17-19-21-23-25-27-29-31-33-35-53(66)69-46-48(70-54(67)36-34-32-30-28-26-24-22-20-18-16-14-12-10-8-5-2)45-68-47-55-49(59)41-56(6-3)37-38-57(42-50(60)61)39-40-58(43-51(62)63)44-52(64)65/h7-10,13-16,19-22,48H,4-6,11-12,17-18,23-47H2,1-3H3,(H,55,59)(H,60,61)(H,62,63)(H,64,65)/b9-7-,10-8-,15-13-,16-14-,21-19+,22-20-. The Balaban J connectivity index is 4.96. The molecule has 16 nitrogen and oxygen atoms in total. The maximum Gasteiger partial charge on any atom is 0.317 e. The third-order valence-corrected chi connectivity index (χ3v) is 10.8. The van der Waals surface area contributed by atoms with Crippen molar-refractivity contribution in [3.8, 4) is 0 Å². The Morgan fingerprint density at radius 2 is 0.886 bits per heavy atom. The fourth-order valence-electron chi connectivity index (χ4n) is 6.95. The highest BCUT2D eigenvalue weighted by Gasteiger charge is 2.20. The maximum absolute atomic E-state index is 12.9. The third-order valence-electron chi connectivity index (χ3n) is 10.8. The van der Waals surface area contributed by atoms with Crippen molar-refractivity contribution in [2.75, 3.05) is 78.8 Å². The highest BCUT2D eigenvalue weighted by Crippen LogP contribution is 2.12. The molecule has 0 aliphatic rings. The van der Waals surface area contributed by atoms with Crippen molar-refractivity contribution < 1.29 is 58.3 Å². The van der Waals surface area contributed by atoms with E-state index in [1.54, 1.807) is 9.80 Å². The minimum Gasteiger partial charge on any atom is -0.480 e. The van der Waals surface area contributed by atoms with E-state index in [-0.39, 0.29) is 77.4 Å². The first kappa shape index (κ1) is 65.1. The van der Waals surface area contributed by atoms with E-state index in [2.05, 4.69) is 92.1 Å². The zero-order valence-corrected chi connectivity index (χ0v) is 43.0. The van der Waals surface area contributed by atoms with Crippen molar-refractivity contribution in [3.05, 3.63) is 72.9 Å². The molecule has 0 fully saturated rings. The molecule has 4 N–H and O–H groups in total. The van der Waals surface area contributed by atoms with E-state index in [1.165, 1.54) is 4.90 Å². The topological polar surface area (TPSA) is 213 Å². The van der Waals surface area contributed by atoms with Crippen molar-refractivity contribution in [2.45, 2.75) is 155 Å². The van der Waals surface area contributed by atoms with Crippen LogP contribution in [0, 0.1) is 0 Å². The fourth-order valence-corrected chi connectivity index (χ4v) is 6.95. The van der Waals surface area contributed by atoms with E-state index in [4.69, 9.17) is 24.4 Å². The predicted molar refractivity (Wildman–Crippen MR) is 276 cm³/mol. The molecule has 0 aliphatic heterocycles. The van der Waals surface area contributed by atoms with Gasteiger partial charge in [-0.3, -0.25) is 43.5 Å². The average molecular weight is 987 g/mol. The molecule has 0 radical (unpaired) electrons. The maximum atomic E-state index is 12.9. The first-order chi connectivity index (χ1) is 33.9. The van der Waals surface area contributed by atoms with Crippen LogP contribution in [0.5, 0.6) is 0 Å². The number of rotatable bonds is 48. The summed E-state index contributed by atoms with van der Waals surface area (Å²) in [5.74, 6) is -4.64. The molecule has 1 unspecified atom stereocenters. The van der Waals surface area contributed by atoms with Gasteiger partial charge >= 0.3 is 29.8 Å². The molecule has 0 spiro atoms. The van der Waals surface area contributed by atoms with Crippen molar-refractivity contribution in [2.24, 2.45) is 0 Å². The minimum atomic E-state index is -1.20. The van der Waals surface area contributed by atoms with Gasteiger partial charge in [-0.05, 0) is 83.6 Å². The number of unbranched alkanes of at least 4 members (excludes halogenated alkanes) is 10. The Labute approximate surface area is 419 Å². The lowest BCUT2D eigenvalue weighted by Crippen LogP contribution is -2.45. The van der Waals surface area contributed by atoms with Gasteiger partial charge in [0.2, 0.25) is 5.91 Å². The zero-order valence-electron chi connectivity index (χ0n) is 43.0. The van der Waals surface area contributed by atoms with Gasteiger partial charge < -0.3 is 34.8 Å². The SMILES string of the molecule is CC/C=C\C/C=C\C/C=C\CCCCCCCC(=O)OC(COCNC(=O)CN(CC)CCN(CCN(CC(=O)O)CC(=O)O)CC(=O)O)COC(=O)CCCCCCC/C=C/C/C=C\C/C=C\CC. The van der Waals surface area contributed by atoms with E-state index in [1.807, 2.05) is 6.92 Å². The lowest BCUT2D eigenvalue weighted by atomic mass is 10.1. The van der Waals surface area contributed by atoms with Crippen LogP contribution in [0.15, 0.2) is 72.9 Å². The summed E-state index contributed by atoms with van der Waals surface area (Å²) in [5, 5.41) is 30.4. The summed E-state index contributed by atoms with van der Waals surface area (Å²) in [6.45, 7) is 5.36. The second-order valence-electron chi connectivity index (χ2n) is 17.1. The molecule has 1 amide bonds. The molecule has 0 aliphatic carbocycles. The van der Waals surface area contributed by atoms with Gasteiger partial charge in [0.25, 0.3) is 0 Å². The van der Waals surface area contributed by atoms with Gasteiger partial charge in [0.15, 0.2) is 6.10 Å².